The minimum atomic E-state index is -0.334. The number of aromatic amines is 1. The van der Waals surface area contributed by atoms with Gasteiger partial charge in [0, 0.05) is 30.1 Å². The van der Waals surface area contributed by atoms with Crippen molar-refractivity contribution in [2.45, 2.75) is 27.2 Å². The van der Waals surface area contributed by atoms with Gasteiger partial charge in [-0.05, 0) is 39.0 Å². The van der Waals surface area contributed by atoms with Crippen LogP contribution in [0.5, 0.6) is 5.75 Å². The van der Waals surface area contributed by atoms with Crippen LogP contribution in [-0.4, -0.2) is 43.7 Å². The van der Waals surface area contributed by atoms with Gasteiger partial charge < -0.3 is 19.9 Å². The lowest BCUT2D eigenvalue weighted by Gasteiger charge is -2.15. The molecule has 0 fully saturated rings. The zero-order chi connectivity index (χ0) is 18.2. The lowest BCUT2D eigenvalue weighted by molar-refractivity contribution is -0.896. The number of benzene rings is 1. The molecular weight excluding hydrogens is 318 g/mol. The number of carbonyl (C=O) groups is 1. The fraction of sp³-hybridized carbons (Fsp3) is 0.474. The van der Waals surface area contributed by atoms with Gasteiger partial charge in [-0.3, -0.25) is 9.59 Å². The molecule has 1 aromatic heterocycles. The monoisotopic (exact) mass is 346 g/mol. The van der Waals surface area contributed by atoms with Crippen molar-refractivity contribution in [3.63, 3.8) is 0 Å². The average Bonchev–Trinajstić information content (AvgIpc) is 2.62. The Morgan fingerprint density at radius 3 is 2.68 bits per heavy atom. The zero-order valence-corrected chi connectivity index (χ0v) is 15.3. The number of hydrogen-bond donors (Lipinski definition) is 3. The second-order valence-corrected chi connectivity index (χ2v) is 5.99. The first-order valence-electron chi connectivity index (χ1n) is 9.00. The molecule has 1 amide bonds. The van der Waals surface area contributed by atoms with Crippen LogP contribution >= 0.6 is 0 Å². The molecule has 0 unspecified atom stereocenters. The molecular formula is C19H28N3O3+. The molecule has 0 spiro atoms. The number of hydrogen-bond acceptors (Lipinski definition) is 3. The third kappa shape index (κ3) is 4.82. The average molecular weight is 346 g/mol. The second kappa shape index (κ2) is 9.22. The highest BCUT2D eigenvalue weighted by Gasteiger charge is 2.13. The lowest BCUT2D eigenvalue weighted by atomic mass is 10.1. The Morgan fingerprint density at radius 2 is 2.00 bits per heavy atom. The number of pyridine rings is 1. The van der Waals surface area contributed by atoms with Crippen molar-refractivity contribution in [3.8, 4) is 5.75 Å². The summed E-state index contributed by atoms with van der Waals surface area (Å²) in [4.78, 5) is 29.5. The van der Waals surface area contributed by atoms with E-state index in [0.29, 0.717) is 29.8 Å². The number of quaternary nitrogens is 1. The molecule has 136 valence electrons. The van der Waals surface area contributed by atoms with Crippen LogP contribution < -0.4 is 20.4 Å². The predicted octanol–water partition coefficient (Wildman–Crippen LogP) is 0.971. The van der Waals surface area contributed by atoms with Gasteiger partial charge in [-0.15, -0.1) is 0 Å². The zero-order valence-electron chi connectivity index (χ0n) is 15.3. The van der Waals surface area contributed by atoms with E-state index in [1.165, 1.54) is 11.1 Å². The molecule has 25 heavy (non-hydrogen) atoms. The van der Waals surface area contributed by atoms with Crippen LogP contribution in [0.3, 0.4) is 0 Å². The van der Waals surface area contributed by atoms with E-state index in [-0.39, 0.29) is 16.9 Å². The van der Waals surface area contributed by atoms with Crippen LogP contribution in [0.4, 0.5) is 0 Å². The van der Waals surface area contributed by atoms with E-state index < -0.39 is 0 Å². The Labute approximate surface area is 148 Å². The summed E-state index contributed by atoms with van der Waals surface area (Å²) in [6.07, 6.45) is 2.37. The third-order valence-electron chi connectivity index (χ3n) is 4.40. The van der Waals surface area contributed by atoms with Crippen molar-refractivity contribution in [2.75, 3.05) is 32.8 Å². The van der Waals surface area contributed by atoms with Crippen molar-refractivity contribution < 1.29 is 14.4 Å². The number of H-pyrrole nitrogens is 1. The Balaban J connectivity index is 2.08. The molecule has 0 bridgehead atoms. The lowest BCUT2D eigenvalue weighted by Crippen LogP contribution is -3.11. The number of rotatable bonds is 9. The van der Waals surface area contributed by atoms with Crippen LogP contribution in [0.2, 0.25) is 0 Å². The summed E-state index contributed by atoms with van der Waals surface area (Å²) in [6, 6.07) is 5.27. The summed E-state index contributed by atoms with van der Waals surface area (Å²) in [7, 11) is 0. The van der Waals surface area contributed by atoms with E-state index in [2.05, 4.69) is 24.1 Å². The van der Waals surface area contributed by atoms with Crippen molar-refractivity contribution in [3.05, 3.63) is 40.2 Å². The van der Waals surface area contributed by atoms with E-state index in [4.69, 9.17) is 4.74 Å². The predicted molar refractivity (Wildman–Crippen MR) is 99.6 cm³/mol. The minimum absolute atomic E-state index is 0.135. The molecule has 0 saturated carbocycles. The first-order valence-corrected chi connectivity index (χ1v) is 9.00. The number of amides is 1. The molecule has 1 heterocycles. The van der Waals surface area contributed by atoms with Gasteiger partial charge in [-0.1, -0.05) is 0 Å². The molecule has 0 radical (unpaired) electrons. The van der Waals surface area contributed by atoms with Crippen molar-refractivity contribution in [1.29, 1.82) is 0 Å². The van der Waals surface area contributed by atoms with Gasteiger partial charge >= 0.3 is 0 Å². The second-order valence-electron chi connectivity index (χ2n) is 5.99. The standard InChI is InChI=1S/C19H27N3O3/c1-4-22(5-2)11-7-10-20-19(24)16-13-21-17-9-8-14(25-6-3)12-15(17)18(16)23/h8-9,12-13H,4-7,10-11H2,1-3H3,(H,20,24)(H,21,23)/p+1. The SMILES string of the molecule is CCOc1ccc2[nH]cc(C(=O)NCCC[NH+](CC)CC)c(=O)c2c1. The first-order chi connectivity index (χ1) is 12.1. The minimum Gasteiger partial charge on any atom is -0.494 e. The van der Waals surface area contributed by atoms with Crippen LogP contribution in [0, 0.1) is 0 Å². The van der Waals surface area contributed by atoms with Crippen molar-refractivity contribution in [2.24, 2.45) is 0 Å². The number of fused-ring (bicyclic) bond motifs is 1. The normalized spacial score (nSPS) is 11.0. The fourth-order valence-electron chi connectivity index (χ4n) is 2.86. The maximum atomic E-state index is 12.6. The van der Waals surface area contributed by atoms with Crippen LogP contribution in [0.15, 0.2) is 29.2 Å². The molecule has 3 N–H and O–H groups in total. The number of nitrogens with one attached hydrogen (secondary N) is 3. The van der Waals surface area contributed by atoms with Crippen molar-refractivity contribution in [1.82, 2.24) is 10.3 Å². The molecule has 2 rings (SSSR count). The third-order valence-corrected chi connectivity index (χ3v) is 4.40. The summed E-state index contributed by atoms with van der Waals surface area (Å²) >= 11 is 0. The van der Waals surface area contributed by atoms with Gasteiger partial charge in [0.15, 0.2) is 0 Å². The van der Waals surface area contributed by atoms with E-state index in [1.807, 2.05) is 6.92 Å². The molecule has 0 aliphatic rings. The van der Waals surface area contributed by atoms with Gasteiger partial charge in [-0.25, -0.2) is 0 Å². The number of ether oxygens (including phenoxy) is 1. The summed E-state index contributed by atoms with van der Waals surface area (Å²) < 4.78 is 5.44. The maximum Gasteiger partial charge on any atom is 0.256 e. The maximum absolute atomic E-state index is 12.6. The summed E-state index contributed by atoms with van der Waals surface area (Å²) in [5.74, 6) is 0.291. The van der Waals surface area contributed by atoms with Crippen LogP contribution in [0.25, 0.3) is 10.9 Å². The van der Waals surface area contributed by atoms with Gasteiger partial charge in [-0.2, -0.15) is 0 Å². The van der Waals surface area contributed by atoms with E-state index >= 15 is 0 Å². The summed E-state index contributed by atoms with van der Waals surface area (Å²) in [5, 5.41) is 3.31. The van der Waals surface area contributed by atoms with E-state index in [0.717, 1.165) is 26.1 Å². The molecule has 0 atom stereocenters. The summed E-state index contributed by atoms with van der Waals surface area (Å²) in [6.45, 7) is 10.5. The molecule has 6 nitrogen and oxygen atoms in total. The smallest absolute Gasteiger partial charge is 0.256 e. The highest BCUT2D eigenvalue weighted by molar-refractivity contribution is 5.97. The molecule has 1 aromatic carbocycles. The Morgan fingerprint density at radius 1 is 1.24 bits per heavy atom. The Hall–Kier alpha value is -2.34. The van der Waals surface area contributed by atoms with Crippen LogP contribution in [0.1, 0.15) is 37.6 Å². The largest absolute Gasteiger partial charge is 0.494 e. The van der Waals surface area contributed by atoms with E-state index in [9.17, 15) is 9.59 Å². The molecule has 0 aliphatic carbocycles. The Kier molecular flexibility index (Phi) is 7.01. The molecule has 0 aliphatic heterocycles. The Bertz CT molecular complexity index is 766. The quantitative estimate of drug-likeness (QED) is 0.592. The highest BCUT2D eigenvalue weighted by Crippen LogP contribution is 2.17. The van der Waals surface area contributed by atoms with Gasteiger partial charge in [0.25, 0.3) is 5.91 Å². The fourth-order valence-corrected chi connectivity index (χ4v) is 2.86. The first kappa shape index (κ1) is 19.0. The number of carbonyl (C=O) groups excluding carboxylic acids is 1. The summed E-state index contributed by atoms with van der Waals surface area (Å²) in [5.41, 5.74) is 0.550. The van der Waals surface area contributed by atoms with Gasteiger partial charge in [0.05, 0.1) is 26.2 Å². The van der Waals surface area contributed by atoms with Crippen molar-refractivity contribution >= 4 is 16.8 Å². The topological polar surface area (TPSA) is 75.6 Å². The van der Waals surface area contributed by atoms with Gasteiger partial charge in [0.1, 0.15) is 11.3 Å². The molecule has 2 aromatic rings. The van der Waals surface area contributed by atoms with Gasteiger partial charge in [0.2, 0.25) is 5.43 Å². The van der Waals surface area contributed by atoms with E-state index in [1.54, 1.807) is 18.2 Å². The number of aromatic nitrogens is 1. The molecule has 6 heteroatoms. The van der Waals surface area contributed by atoms with Crippen LogP contribution in [-0.2, 0) is 0 Å². The molecule has 0 saturated heterocycles. The highest BCUT2D eigenvalue weighted by atomic mass is 16.5.